The second kappa shape index (κ2) is 4.71. The van der Waals surface area contributed by atoms with E-state index in [0.29, 0.717) is 12.6 Å². The molecule has 1 N–H and O–H groups in total. The van der Waals surface area contributed by atoms with Crippen LogP contribution >= 0.6 is 0 Å². The molecule has 0 spiro atoms. The lowest BCUT2D eigenvalue weighted by Crippen LogP contribution is -2.26. The molecule has 0 aromatic carbocycles. The van der Waals surface area contributed by atoms with Gasteiger partial charge in [0.05, 0.1) is 23.9 Å². The van der Waals surface area contributed by atoms with Crippen LogP contribution in [0.25, 0.3) is 0 Å². The molecule has 0 radical (unpaired) electrons. The van der Waals surface area contributed by atoms with E-state index in [0.717, 1.165) is 6.54 Å². The Morgan fingerprint density at radius 1 is 1.71 bits per heavy atom. The highest BCUT2D eigenvalue weighted by molar-refractivity contribution is 5.13. The zero-order chi connectivity index (χ0) is 10.6. The molecule has 0 saturated heterocycles. The van der Waals surface area contributed by atoms with Crippen LogP contribution in [0.5, 0.6) is 0 Å². The predicted molar refractivity (Wildman–Crippen MR) is 52.0 cm³/mol. The van der Waals surface area contributed by atoms with E-state index < -0.39 is 4.92 Å². The fraction of sp³-hybridized carbons (Fsp3) is 0.625. The van der Waals surface area contributed by atoms with Gasteiger partial charge in [-0.2, -0.15) is 4.68 Å². The van der Waals surface area contributed by atoms with Crippen molar-refractivity contribution < 1.29 is 4.92 Å². The number of nitro groups is 1. The van der Waals surface area contributed by atoms with Gasteiger partial charge in [0.15, 0.2) is 0 Å². The van der Waals surface area contributed by atoms with Crippen molar-refractivity contribution in [3.05, 3.63) is 22.4 Å². The smallest absolute Gasteiger partial charge is 0.358 e. The number of aromatic nitrogens is 2. The summed E-state index contributed by atoms with van der Waals surface area (Å²) in [7, 11) is 0. The van der Waals surface area contributed by atoms with Crippen LogP contribution in [-0.2, 0) is 6.54 Å². The van der Waals surface area contributed by atoms with E-state index in [-0.39, 0.29) is 5.82 Å². The van der Waals surface area contributed by atoms with Crippen molar-refractivity contribution in [2.24, 2.45) is 0 Å². The van der Waals surface area contributed by atoms with Crippen molar-refractivity contribution >= 4 is 5.82 Å². The van der Waals surface area contributed by atoms with Gasteiger partial charge in [-0.25, -0.2) is 0 Å². The lowest BCUT2D eigenvalue weighted by Gasteiger charge is -2.05. The molecule has 14 heavy (non-hydrogen) atoms. The molecule has 0 saturated carbocycles. The molecule has 0 amide bonds. The molecule has 0 fully saturated rings. The van der Waals surface area contributed by atoms with Crippen molar-refractivity contribution in [3.63, 3.8) is 0 Å². The van der Waals surface area contributed by atoms with Gasteiger partial charge in [-0.3, -0.25) is 0 Å². The quantitative estimate of drug-likeness (QED) is 0.560. The van der Waals surface area contributed by atoms with Crippen LogP contribution in [0.2, 0.25) is 0 Å². The highest BCUT2D eigenvalue weighted by Crippen LogP contribution is 2.04. The molecule has 0 bridgehead atoms. The SMILES string of the molecule is CC(C)NCCn1ccc([N+](=O)[O-])n1. The Kier molecular flexibility index (Phi) is 3.58. The molecule has 1 heterocycles. The largest absolute Gasteiger partial charge is 0.389 e. The molecular weight excluding hydrogens is 184 g/mol. The summed E-state index contributed by atoms with van der Waals surface area (Å²) in [6.07, 6.45) is 1.61. The third-order valence-electron chi connectivity index (χ3n) is 1.71. The Morgan fingerprint density at radius 3 is 2.93 bits per heavy atom. The Hall–Kier alpha value is -1.43. The summed E-state index contributed by atoms with van der Waals surface area (Å²) in [6.45, 7) is 5.50. The molecule has 6 nitrogen and oxygen atoms in total. The monoisotopic (exact) mass is 198 g/mol. The van der Waals surface area contributed by atoms with E-state index in [1.165, 1.54) is 6.07 Å². The Balaban J connectivity index is 2.40. The minimum atomic E-state index is -0.494. The molecule has 1 aromatic rings. The van der Waals surface area contributed by atoms with Crippen LogP contribution in [0, 0.1) is 10.1 Å². The third kappa shape index (κ3) is 3.14. The number of rotatable bonds is 5. The van der Waals surface area contributed by atoms with Crippen molar-refractivity contribution in [2.45, 2.75) is 26.4 Å². The van der Waals surface area contributed by atoms with Crippen LogP contribution in [0.1, 0.15) is 13.8 Å². The third-order valence-corrected chi connectivity index (χ3v) is 1.71. The first-order chi connectivity index (χ1) is 6.59. The Labute approximate surface area is 82.1 Å². The van der Waals surface area contributed by atoms with E-state index in [9.17, 15) is 10.1 Å². The number of hydrogen-bond acceptors (Lipinski definition) is 4. The number of nitrogens with one attached hydrogen (secondary N) is 1. The summed E-state index contributed by atoms with van der Waals surface area (Å²) in [5, 5.41) is 17.3. The first kappa shape index (κ1) is 10.6. The van der Waals surface area contributed by atoms with Crippen LogP contribution < -0.4 is 5.32 Å². The number of nitrogens with zero attached hydrogens (tertiary/aromatic N) is 3. The van der Waals surface area contributed by atoms with Gasteiger partial charge in [0.25, 0.3) is 0 Å². The normalized spacial score (nSPS) is 10.8. The van der Waals surface area contributed by atoms with Crippen LogP contribution in [0.15, 0.2) is 12.3 Å². The summed E-state index contributed by atoms with van der Waals surface area (Å²) >= 11 is 0. The molecule has 1 rings (SSSR count). The molecule has 1 aromatic heterocycles. The van der Waals surface area contributed by atoms with Gasteiger partial charge in [-0.05, 0) is 4.92 Å². The van der Waals surface area contributed by atoms with Crippen molar-refractivity contribution in [1.29, 1.82) is 0 Å². The maximum Gasteiger partial charge on any atom is 0.389 e. The average Bonchev–Trinajstić information content (AvgIpc) is 2.52. The van der Waals surface area contributed by atoms with Gasteiger partial charge in [0.1, 0.15) is 0 Å². The molecule has 0 atom stereocenters. The summed E-state index contributed by atoms with van der Waals surface area (Å²) in [4.78, 5) is 9.82. The van der Waals surface area contributed by atoms with Crippen LogP contribution in [-0.4, -0.2) is 27.3 Å². The van der Waals surface area contributed by atoms with E-state index in [4.69, 9.17) is 0 Å². The number of hydrogen-bond donors (Lipinski definition) is 1. The average molecular weight is 198 g/mol. The summed E-state index contributed by atoms with van der Waals surface area (Å²) in [5.41, 5.74) is 0. The molecule has 0 aliphatic carbocycles. The Bertz CT molecular complexity index is 308. The fourth-order valence-electron chi connectivity index (χ4n) is 1.04. The highest BCUT2D eigenvalue weighted by Gasteiger charge is 2.09. The summed E-state index contributed by atoms with van der Waals surface area (Å²) in [5.74, 6) is -0.102. The van der Waals surface area contributed by atoms with Gasteiger partial charge >= 0.3 is 5.82 Å². The summed E-state index contributed by atoms with van der Waals surface area (Å²) < 4.78 is 1.56. The van der Waals surface area contributed by atoms with Crippen molar-refractivity contribution in [1.82, 2.24) is 15.1 Å². The summed E-state index contributed by atoms with van der Waals surface area (Å²) in [6, 6.07) is 1.82. The Morgan fingerprint density at radius 2 is 2.43 bits per heavy atom. The van der Waals surface area contributed by atoms with Gasteiger partial charge in [0, 0.05) is 12.6 Å². The fourth-order valence-corrected chi connectivity index (χ4v) is 1.04. The maximum absolute atomic E-state index is 10.3. The molecular formula is C8H14N4O2. The van der Waals surface area contributed by atoms with Gasteiger partial charge in [0.2, 0.25) is 0 Å². The molecule has 78 valence electrons. The highest BCUT2D eigenvalue weighted by atomic mass is 16.6. The van der Waals surface area contributed by atoms with Gasteiger partial charge in [-0.1, -0.05) is 13.8 Å². The standard InChI is InChI=1S/C8H14N4O2/c1-7(2)9-4-6-11-5-3-8(10-11)12(13)14/h3,5,7,9H,4,6H2,1-2H3. The first-order valence-corrected chi connectivity index (χ1v) is 4.51. The second-order valence-electron chi connectivity index (χ2n) is 3.30. The van der Waals surface area contributed by atoms with Crippen LogP contribution in [0.3, 0.4) is 0 Å². The predicted octanol–water partition coefficient (Wildman–Crippen LogP) is 0.789. The zero-order valence-corrected chi connectivity index (χ0v) is 8.30. The van der Waals surface area contributed by atoms with E-state index in [2.05, 4.69) is 10.4 Å². The second-order valence-corrected chi connectivity index (χ2v) is 3.30. The van der Waals surface area contributed by atoms with Gasteiger partial charge in [-0.15, -0.1) is 0 Å². The lowest BCUT2D eigenvalue weighted by atomic mass is 10.4. The molecule has 0 aliphatic heterocycles. The minimum Gasteiger partial charge on any atom is -0.358 e. The van der Waals surface area contributed by atoms with Crippen molar-refractivity contribution in [2.75, 3.05) is 6.54 Å². The molecule has 0 unspecified atom stereocenters. The van der Waals surface area contributed by atoms with E-state index >= 15 is 0 Å². The zero-order valence-electron chi connectivity index (χ0n) is 8.30. The maximum atomic E-state index is 10.3. The lowest BCUT2D eigenvalue weighted by molar-refractivity contribution is -0.389. The topological polar surface area (TPSA) is 73.0 Å². The molecule has 6 heteroatoms. The van der Waals surface area contributed by atoms with E-state index in [1.54, 1.807) is 10.9 Å². The van der Waals surface area contributed by atoms with Gasteiger partial charge < -0.3 is 15.4 Å². The minimum absolute atomic E-state index is 0.102. The molecule has 0 aliphatic rings. The van der Waals surface area contributed by atoms with E-state index in [1.807, 2.05) is 13.8 Å². The van der Waals surface area contributed by atoms with Crippen LogP contribution in [0.4, 0.5) is 5.82 Å². The first-order valence-electron chi connectivity index (χ1n) is 4.51. The van der Waals surface area contributed by atoms with Crippen molar-refractivity contribution in [3.8, 4) is 0 Å².